The maximum atomic E-state index is 11.6. The molecule has 1 N–H and O–H groups in total. The number of hydrogen-bond acceptors (Lipinski definition) is 1. The average molecular weight is 220 g/mol. The van der Waals surface area contributed by atoms with E-state index in [0.29, 0.717) is 6.42 Å². The zero-order valence-corrected chi connectivity index (χ0v) is 10.1. The molecule has 0 aromatic heterocycles. The number of unbranched alkanes of at least 4 members (excludes halogenated alkanes) is 1. The Labute approximate surface area is 97.3 Å². The highest BCUT2D eigenvalue weighted by Gasteiger charge is 2.37. The largest absolute Gasteiger partial charge is 0.481 e. The zero-order valence-electron chi connectivity index (χ0n) is 10.1. The van der Waals surface area contributed by atoms with E-state index in [0.717, 1.165) is 24.8 Å². The van der Waals surface area contributed by atoms with Crippen molar-refractivity contribution in [2.75, 3.05) is 0 Å². The Hall–Kier alpha value is -1.31. The first-order valence-corrected chi connectivity index (χ1v) is 5.96. The van der Waals surface area contributed by atoms with E-state index in [9.17, 15) is 9.90 Å². The number of hydrogen-bond donors (Lipinski definition) is 1. The van der Waals surface area contributed by atoms with Crippen LogP contribution in [0, 0.1) is 0 Å². The number of rotatable bonds is 6. The van der Waals surface area contributed by atoms with E-state index in [1.165, 1.54) is 0 Å². The van der Waals surface area contributed by atoms with Gasteiger partial charge in [0.1, 0.15) is 0 Å². The molecule has 16 heavy (non-hydrogen) atoms. The summed E-state index contributed by atoms with van der Waals surface area (Å²) in [4.78, 5) is 11.6. The predicted molar refractivity (Wildman–Crippen MR) is 65.6 cm³/mol. The lowest BCUT2D eigenvalue weighted by Crippen LogP contribution is -2.35. The summed E-state index contributed by atoms with van der Waals surface area (Å²) < 4.78 is 0. The fourth-order valence-corrected chi connectivity index (χ4v) is 2.14. The summed E-state index contributed by atoms with van der Waals surface area (Å²) >= 11 is 0. The second-order valence-electron chi connectivity index (χ2n) is 4.21. The molecule has 88 valence electrons. The van der Waals surface area contributed by atoms with Gasteiger partial charge in [-0.05, 0) is 18.4 Å². The summed E-state index contributed by atoms with van der Waals surface area (Å²) in [7, 11) is 0. The Morgan fingerprint density at radius 1 is 1.25 bits per heavy atom. The summed E-state index contributed by atoms with van der Waals surface area (Å²) in [6.07, 6.45) is 3.35. The number of aliphatic carboxylic acids is 1. The standard InChI is InChI=1S/C14H20O2/c1-3-5-11-14(4-2,13(15)16)12-9-7-6-8-10-12/h6-10H,3-5,11H2,1-2H3,(H,15,16). The molecule has 0 aliphatic rings. The third kappa shape index (κ3) is 2.43. The number of carbonyl (C=O) groups is 1. The van der Waals surface area contributed by atoms with Crippen LogP contribution in [0.2, 0.25) is 0 Å². The zero-order chi connectivity index (χ0) is 12.0. The Balaban J connectivity index is 3.07. The van der Waals surface area contributed by atoms with Crippen molar-refractivity contribution < 1.29 is 9.90 Å². The number of carboxylic acids is 1. The second kappa shape index (κ2) is 5.69. The Bertz CT molecular complexity index is 332. The first-order valence-electron chi connectivity index (χ1n) is 5.96. The van der Waals surface area contributed by atoms with Gasteiger partial charge in [0.25, 0.3) is 0 Å². The van der Waals surface area contributed by atoms with E-state index in [-0.39, 0.29) is 0 Å². The van der Waals surface area contributed by atoms with Gasteiger partial charge in [-0.3, -0.25) is 4.79 Å². The quantitative estimate of drug-likeness (QED) is 0.795. The van der Waals surface area contributed by atoms with Crippen molar-refractivity contribution in [3.63, 3.8) is 0 Å². The monoisotopic (exact) mass is 220 g/mol. The van der Waals surface area contributed by atoms with Crippen molar-refractivity contribution >= 4 is 5.97 Å². The smallest absolute Gasteiger partial charge is 0.314 e. The van der Waals surface area contributed by atoms with E-state index in [4.69, 9.17) is 0 Å². The van der Waals surface area contributed by atoms with Crippen molar-refractivity contribution in [2.45, 2.75) is 44.9 Å². The van der Waals surface area contributed by atoms with Crippen molar-refractivity contribution in [1.29, 1.82) is 0 Å². The molecule has 0 radical (unpaired) electrons. The van der Waals surface area contributed by atoms with E-state index in [1.807, 2.05) is 37.3 Å². The van der Waals surface area contributed by atoms with Gasteiger partial charge in [0.15, 0.2) is 0 Å². The van der Waals surface area contributed by atoms with E-state index < -0.39 is 11.4 Å². The molecule has 0 spiro atoms. The summed E-state index contributed by atoms with van der Waals surface area (Å²) in [5, 5.41) is 9.50. The highest BCUT2D eigenvalue weighted by Crippen LogP contribution is 2.33. The van der Waals surface area contributed by atoms with E-state index >= 15 is 0 Å². The molecule has 0 saturated carbocycles. The van der Waals surface area contributed by atoms with Crippen molar-refractivity contribution in [1.82, 2.24) is 0 Å². The van der Waals surface area contributed by atoms with Crippen LogP contribution in [-0.2, 0) is 10.2 Å². The minimum atomic E-state index is -0.699. The average Bonchev–Trinajstić information content (AvgIpc) is 2.31. The summed E-state index contributed by atoms with van der Waals surface area (Å²) in [5.41, 5.74) is 0.232. The fourth-order valence-electron chi connectivity index (χ4n) is 2.14. The summed E-state index contributed by atoms with van der Waals surface area (Å²) in [6.45, 7) is 4.05. The normalized spacial score (nSPS) is 14.4. The van der Waals surface area contributed by atoms with Crippen LogP contribution in [0.5, 0.6) is 0 Å². The lowest BCUT2D eigenvalue weighted by atomic mass is 9.74. The number of carboxylic acid groups (broad SMARTS) is 1. The third-order valence-electron chi connectivity index (χ3n) is 3.30. The van der Waals surface area contributed by atoms with Crippen LogP contribution in [0.25, 0.3) is 0 Å². The molecule has 0 bridgehead atoms. The van der Waals surface area contributed by atoms with E-state index in [1.54, 1.807) is 0 Å². The number of benzene rings is 1. The molecular formula is C14H20O2. The highest BCUT2D eigenvalue weighted by molar-refractivity contribution is 5.81. The van der Waals surface area contributed by atoms with Crippen LogP contribution in [-0.4, -0.2) is 11.1 Å². The minimum absolute atomic E-state index is 0.645. The molecule has 0 heterocycles. The van der Waals surface area contributed by atoms with Crippen molar-refractivity contribution in [3.8, 4) is 0 Å². The van der Waals surface area contributed by atoms with E-state index in [2.05, 4.69) is 6.92 Å². The molecule has 0 aliphatic heterocycles. The molecule has 0 saturated heterocycles. The van der Waals surface area contributed by atoms with Crippen molar-refractivity contribution in [2.24, 2.45) is 0 Å². The molecule has 1 unspecified atom stereocenters. The molecule has 1 rings (SSSR count). The van der Waals surface area contributed by atoms with Gasteiger partial charge in [-0.1, -0.05) is 57.0 Å². The maximum absolute atomic E-state index is 11.6. The summed E-state index contributed by atoms with van der Waals surface area (Å²) in [6, 6.07) is 9.59. The first-order chi connectivity index (χ1) is 7.67. The third-order valence-corrected chi connectivity index (χ3v) is 3.30. The Morgan fingerprint density at radius 3 is 2.31 bits per heavy atom. The van der Waals surface area contributed by atoms with Crippen LogP contribution < -0.4 is 0 Å². The fraction of sp³-hybridized carbons (Fsp3) is 0.500. The molecular weight excluding hydrogens is 200 g/mol. The molecule has 0 fully saturated rings. The minimum Gasteiger partial charge on any atom is -0.481 e. The molecule has 2 heteroatoms. The predicted octanol–water partition coefficient (Wildman–Crippen LogP) is 3.61. The molecule has 1 aromatic carbocycles. The van der Waals surface area contributed by atoms with Gasteiger partial charge < -0.3 is 5.11 Å². The van der Waals surface area contributed by atoms with Gasteiger partial charge >= 0.3 is 5.97 Å². The van der Waals surface area contributed by atoms with Crippen LogP contribution in [0.4, 0.5) is 0 Å². The van der Waals surface area contributed by atoms with Crippen LogP contribution in [0.1, 0.15) is 45.1 Å². The van der Waals surface area contributed by atoms with Crippen LogP contribution in [0.3, 0.4) is 0 Å². The second-order valence-corrected chi connectivity index (χ2v) is 4.21. The van der Waals surface area contributed by atoms with Gasteiger partial charge in [-0.25, -0.2) is 0 Å². The summed E-state index contributed by atoms with van der Waals surface area (Å²) in [5.74, 6) is -0.699. The maximum Gasteiger partial charge on any atom is 0.314 e. The van der Waals surface area contributed by atoms with Crippen molar-refractivity contribution in [3.05, 3.63) is 35.9 Å². The SMILES string of the molecule is CCCCC(CC)(C(=O)O)c1ccccc1. The lowest BCUT2D eigenvalue weighted by molar-refractivity contribution is -0.144. The molecule has 2 nitrogen and oxygen atoms in total. The molecule has 1 atom stereocenters. The van der Waals surface area contributed by atoms with Gasteiger partial charge in [0.2, 0.25) is 0 Å². The first kappa shape index (κ1) is 12.8. The molecule has 0 amide bonds. The topological polar surface area (TPSA) is 37.3 Å². The van der Waals surface area contributed by atoms with Gasteiger partial charge in [-0.15, -0.1) is 0 Å². The Kier molecular flexibility index (Phi) is 4.53. The van der Waals surface area contributed by atoms with Gasteiger partial charge in [0.05, 0.1) is 5.41 Å². The molecule has 1 aromatic rings. The molecule has 0 aliphatic carbocycles. The van der Waals surface area contributed by atoms with Gasteiger partial charge in [-0.2, -0.15) is 0 Å². The van der Waals surface area contributed by atoms with Crippen LogP contribution in [0.15, 0.2) is 30.3 Å². The lowest BCUT2D eigenvalue weighted by Gasteiger charge is -2.28. The van der Waals surface area contributed by atoms with Gasteiger partial charge in [0, 0.05) is 0 Å². The highest BCUT2D eigenvalue weighted by atomic mass is 16.4. The van der Waals surface area contributed by atoms with Crippen LogP contribution >= 0.6 is 0 Å². The Morgan fingerprint density at radius 2 is 1.88 bits per heavy atom.